The second-order valence-electron chi connectivity index (χ2n) is 4.38. The Balaban J connectivity index is 2.69. The highest BCUT2D eigenvalue weighted by Gasteiger charge is 2.15. The summed E-state index contributed by atoms with van der Waals surface area (Å²) in [5, 5.41) is 0. The SMILES string of the molecule is CCC(CCN)CNS(=O)(=O)c1ccc(OC)cc1. The van der Waals surface area contributed by atoms with Gasteiger partial charge in [-0.3, -0.25) is 0 Å². The molecule has 0 aromatic heterocycles. The Hall–Kier alpha value is -1.11. The van der Waals surface area contributed by atoms with Crippen LogP contribution in [-0.4, -0.2) is 28.6 Å². The first-order valence-corrected chi connectivity index (χ1v) is 7.85. The number of sulfonamides is 1. The zero-order valence-corrected chi connectivity index (χ0v) is 12.2. The van der Waals surface area contributed by atoms with Gasteiger partial charge in [0.05, 0.1) is 12.0 Å². The van der Waals surface area contributed by atoms with Gasteiger partial charge in [-0.25, -0.2) is 13.1 Å². The monoisotopic (exact) mass is 286 g/mol. The van der Waals surface area contributed by atoms with Crippen LogP contribution in [-0.2, 0) is 10.0 Å². The van der Waals surface area contributed by atoms with Gasteiger partial charge in [-0.2, -0.15) is 0 Å². The Kier molecular flexibility index (Phi) is 6.27. The van der Waals surface area contributed by atoms with Gasteiger partial charge in [-0.1, -0.05) is 13.3 Å². The van der Waals surface area contributed by atoms with Crippen molar-refractivity contribution in [2.45, 2.75) is 24.7 Å². The highest BCUT2D eigenvalue weighted by Crippen LogP contribution is 2.16. The number of ether oxygens (including phenoxy) is 1. The van der Waals surface area contributed by atoms with Crippen LogP contribution in [0.3, 0.4) is 0 Å². The number of benzene rings is 1. The summed E-state index contributed by atoms with van der Waals surface area (Å²) < 4.78 is 31.8. The molecule has 3 N–H and O–H groups in total. The average molecular weight is 286 g/mol. The van der Waals surface area contributed by atoms with Crippen LogP contribution in [0, 0.1) is 5.92 Å². The van der Waals surface area contributed by atoms with Crippen molar-refractivity contribution in [2.24, 2.45) is 11.7 Å². The molecule has 108 valence electrons. The van der Waals surface area contributed by atoms with E-state index in [1.54, 1.807) is 19.2 Å². The molecule has 0 aliphatic rings. The maximum absolute atomic E-state index is 12.1. The molecule has 0 saturated heterocycles. The van der Waals surface area contributed by atoms with Crippen molar-refractivity contribution in [3.05, 3.63) is 24.3 Å². The third-order valence-electron chi connectivity index (χ3n) is 3.08. The van der Waals surface area contributed by atoms with E-state index >= 15 is 0 Å². The lowest BCUT2D eigenvalue weighted by atomic mass is 10.0. The quantitative estimate of drug-likeness (QED) is 0.756. The Bertz CT molecular complexity index is 471. The predicted molar refractivity (Wildman–Crippen MR) is 75.6 cm³/mol. The van der Waals surface area contributed by atoms with Crippen LogP contribution in [0.4, 0.5) is 0 Å². The standard InChI is InChI=1S/C13H22N2O3S/c1-3-11(8-9-14)10-15-19(16,17)13-6-4-12(18-2)5-7-13/h4-7,11,15H,3,8-10,14H2,1-2H3. The Morgan fingerprint density at radius 3 is 2.42 bits per heavy atom. The smallest absolute Gasteiger partial charge is 0.240 e. The molecule has 0 aliphatic heterocycles. The third kappa shape index (κ3) is 4.81. The zero-order chi connectivity index (χ0) is 14.3. The molecule has 1 aromatic carbocycles. The largest absolute Gasteiger partial charge is 0.497 e. The van der Waals surface area contributed by atoms with E-state index in [0.29, 0.717) is 18.8 Å². The van der Waals surface area contributed by atoms with E-state index in [0.717, 1.165) is 12.8 Å². The van der Waals surface area contributed by atoms with Crippen LogP contribution in [0.5, 0.6) is 5.75 Å². The summed E-state index contributed by atoms with van der Waals surface area (Å²) in [6, 6.07) is 6.33. The summed E-state index contributed by atoms with van der Waals surface area (Å²) in [6.45, 7) is 3.02. The van der Waals surface area contributed by atoms with Gasteiger partial charge in [-0.15, -0.1) is 0 Å². The second-order valence-corrected chi connectivity index (χ2v) is 6.15. The van der Waals surface area contributed by atoms with E-state index in [-0.39, 0.29) is 10.8 Å². The molecule has 0 radical (unpaired) electrons. The highest BCUT2D eigenvalue weighted by molar-refractivity contribution is 7.89. The van der Waals surface area contributed by atoms with Crippen LogP contribution in [0.1, 0.15) is 19.8 Å². The first kappa shape index (κ1) is 15.9. The molecule has 1 atom stereocenters. The molecule has 0 aliphatic carbocycles. The minimum Gasteiger partial charge on any atom is -0.497 e. The number of hydrogen-bond acceptors (Lipinski definition) is 4. The molecule has 1 aromatic rings. The molecule has 5 nitrogen and oxygen atoms in total. The topological polar surface area (TPSA) is 81.4 Å². The van der Waals surface area contributed by atoms with Gasteiger partial charge in [-0.05, 0) is 43.1 Å². The molecule has 6 heteroatoms. The minimum absolute atomic E-state index is 0.246. The zero-order valence-electron chi connectivity index (χ0n) is 11.4. The molecule has 0 heterocycles. The van der Waals surface area contributed by atoms with Crippen molar-refractivity contribution >= 4 is 10.0 Å². The van der Waals surface area contributed by atoms with Gasteiger partial charge in [0.15, 0.2) is 0 Å². The van der Waals surface area contributed by atoms with E-state index in [9.17, 15) is 8.42 Å². The second kappa shape index (κ2) is 7.47. The third-order valence-corrected chi connectivity index (χ3v) is 4.52. The van der Waals surface area contributed by atoms with E-state index in [1.807, 2.05) is 6.92 Å². The first-order chi connectivity index (χ1) is 9.03. The van der Waals surface area contributed by atoms with Crippen LogP contribution in [0.15, 0.2) is 29.2 Å². The molecular weight excluding hydrogens is 264 g/mol. The van der Waals surface area contributed by atoms with E-state index in [4.69, 9.17) is 10.5 Å². The average Bonchev–Trinajstić information content (AvgIpc) is 2.43. The lowest BCUT2D eigenvalue weighted by molar-refractivity contribution is 0.414. The molecule has 0 fully saturated rings. The molecule has 0 spiro atoms. The summed E-state index contributed by atoms with van der Waals surface area (Å²) in [5.41, 5.74) is 5.50. The van der Waals surface area contributed by atoms with Crippen LogP contribution >= 0.6 is 0 Å². The molecular formula is C13H22N2O3S. The lowest BCUT2D eigenvalue weighted by Crippen LogP contribution is -2.30. The number of nitrogens with two attached hydrogens (primary N) is 1. The lowest BCUT2D eigenvalue weighted by Gasteiger charge is -2.14. The predicted octanol–water partition coefficient (Wildman–Crippen LogP) is 1.35. The molecule has 19 heavy (non-hydrogen) atoms. The van der Waals surface area contributed by atoms with Gasteiger partial charge in [0.1, 0.15) is 5.75 Å². The summed E-state index contributed by atoms with van der Waals surface area (Å²) >= 11 is 0. The normalized spacial score (nSPS) is 13.2. The Morgan fingerprint density at radius 1 is 1.32 bits per heavy atom. The van der Waals surface area contributed by atoms with Crippen LogP contribution in [0.2, 0.25) is 0 Å². The fourth-order valence-corrected chi connectivity index (χ4v) is 2.87. The van der Waals surface area contributed by atoms with Crippen LogP contribution < -0.4 is 15.2 Å². The van der Waals surface area contributed by atoms with Gasteiger partial charge < -0.3 is 10.5 Å². The van der Waals surface area contributed by atoms with Crippen molar-refractivity contribution in [1.82, 2.24) is 4.72 Å². The summed E-state index contributed by atoms with van der Waals surface area (Å²) in [4.78, 5) is 0.246. The number of rotatable bonds is 8. The number of methoxy groups -OCH3 is 1. The van der Waals surface area contributed by atoms with Crippen LogP contribution in [0.25, 0.3) is 0 Å². The maximum atomic E-state index is 12.1. The van der Waals surface area contributed by atoms with Crippen molar-refractivity contribution < 1.29 is 13.2 Å². The van der Waals surface area contributed by atoms with Gasteiger partial charge >= 0.3 is 0 Å². The van der Waals surface area contributed by atoms with Gasteiger partial charge in [0.25, 0.3) is 0 Å². The van der Waals surface area contributed by atoms with E-state index in [1.165, 1.54) is 12.1 Å². The minimum atomic E-state index is -3.46. The van der Waals surface area contributed by atoms with E-state index < -0.39 is 10.0 Å². The van der Waals surface area contributed by atoms with E-state index in [2.05, 4.69) is 4.72 Å². The van der Waals surface area contributed by atoms with Gasteiger partial charge in [0.2, 0.25) is 10.0 Å². The number of nitrogens with one attached hydrogen (secondary N) is 1. The van der Waals surface area contributed by atoms with Crippen molar-refractivity contribution in [1.29, 1.82) is 0 Å². The van der Waals surface area contributed by atoms with Crippen molar-refractivity contribution in [3.8, 4) is 5.75 Å². The molecule has 1 rings (SSSR count). The Labute approximate surface area is 115 Å². The van der Waals surface area contributed by atoms with Crippen molar-refractivity contribution in [3.63, 3.8) is 0 Å². The summed E-state index contributed by atoms with van der Waals surface area (Å²) in [5.74, 6) is 0.909. The fraction of sp³-hybridized carbons (Fsp3) is 0.538. The Morgan fingerprint density at radius 2 is 1.95 bits per heavy atom. The fourth-order valence-electron chi connectivity index (χ4n) is 1.75. The molecule has 1 unspecified atom stereocenters. The summed E-state index contributed by atoms with van der Waals surface area (Å²) in [7, 11) is -1.91. The summed E-state index contributed by atoms with van der Waals surface area (Å²) in [6.07, 6.45) is 1.73. The van der Waals surface area contributed by atoms with Crippen molar-refractivity contribution in [2.75, 3.05) is 20.2 Å². The highest BCUT2D eigenvalue weighted by atomic mass is 32.2. The van der Waals surface area contributed by atoms with Gasteiger partial charge in [0, 0.05) is 6.54 Å². The molecule has 0 amide bonds. The first-order valence-electron chi connectivity index (χ1n) is 6.37. The maximum Gasteiger partial charge on any atom is 0.240 e. The number of hydrogen-bond donors (Lipinski definition) is 2. The molecule has 0 bridgehead atoms. The molecule has 0 saturated carbocycles.